The van der Waals surface area contributed by atoms with Crippen LogP contribution >= 0.6 is 23.4 Å². The third kappa shape index (κ3) is 3.54. The molecule has 1 saturated heterocycles. The summed E-state index contributed by atoms with van der Waals surface area (Å²) in [7, 11) is 0. The predicted molar refractivity (Wildman–Crippen MR) is 88.5 cm³/mol. The van der Waals surface area contributed by atoms with Crippen molar-refractivity contribution in [2.45, 2.75) is 0 Å². The molecule has 0 spiro atoms. The normalized spacial score (nSPS) is 20.0. The number of ether oxygens (including phenoxy) is 1. The molecule has 2 heterocycles. The van der Waals surface area contributed by atoms with E-state index in [9.17, 15) is 14.9 Å². The number of rotatable bonds is 2. The summed E-state index contributed by atoms with van der Waals surface area (Å²) >= 11 is 7.05. The first-order chi connectivity index (χ1) is 11.0. The number of hydrogen-bond donors (Lipinski definition) is 0. The van der Waals surface area contributed by atoms with Crippen molar-refractivity contribution < 1.29 is 14.5 Å². The minimum atomic E-state index is -0.552. The summed E-state index contributed by atoms with van der Waals surface area (Å²) in [6, 6.07) is 4.42. The number of thioether (sulfide) groups is 1. The van der Waals surface area contributed by atoms with Crippen molar-refractivity contribution in [3.05, 3.63) is 43.8 Å². The van der Waals surface area contributed by atoms with E-state index in [-0.39, 0.29) is 16.6 Å². The van der Waals surface area contributed by atoms with Crippen LogP contribution in [0.15, 0.2) is 28.1 Å². The Labute approximate surface area is 141 Å². The summed E-state index contributed by atoms with van der Waals surface area (Å²) in [5, 5.41) is 11.6. The van der Waals surface area contributed by atoms with Crippen molar-refractivity contribution in [2.75, 3.05) is 26.3 Å². The minimum absolute atomic E-state index is 0.0628. The monoisotopic (exact) mass is 353 g/mol. The Hall–Kier alpha value is -1.90. The van der Waals surface area contributed by atoms with Crippen molar-refractivity contribution in [1.29, 1.82) is 0 Å². The van der Waals surface area contributed by atoms with E-state index in [0.717, 1.165) is 0 Å². The Morgan fingerprint density at radius 1 is 1.39 bits per heavy atom. The fraction of sp³-hybridized carbons (Fsp3) is 0.286. The molecule has 9 heteroatoms. The molecule has 3 rings (SSSR count). The number of hydrogen-bond acceptors (Lipinski definition) is 6. The molecule has 0 aliphatic carbocycles. The third-order valence-electron chi connectivity index (χ3n) is 3.36. The lowest BCUT2D eigenvalue weighted by Crippen LogP contribution is -2.38. The predicted octanol–water partition coefficient (Wildman–Crippen LogP) is 2.55. The first-order valence-electron chi connectivity index (χ1n) is 6.84. The summed E-state index contributed by atoms with van der Waals surface area (Å²) in [6.45, 7) is 2.60. The number of nitro groups is 1. The third-order valence-corrected chi connectivity index (χ3v) is 4.72. The second kappa shape index (κ2) is 6.69. The molecule has 7 nitrogen and oxygen atoms in total. The lowest BCUT2D eigenvalue weighted by atomic mass is 10.2. The van der Waals surface area contributed by atoms with Gasteiger partial charge in [0.25, 0.3) is 11.6 Å². The number of aliphatic imine (C=N–C) groups is 1. The molecule has 23 heavy (non-hydrogen) atoms. The summed E-state index contributed by atoms with van der Waals surface area (Å²) in [5.41, 5.74) is 0.348. The highest BCUT2D eigenvalue weighted by atomic mass is 35.5. The average molecular weight is 354 g/mol. The smallest absolute Gasteiger partial charge is 0.288 e. The Bertz CT molecular complexity index is 729. The molecular formula is C14H12ClN3O4S. The second-order valence-corrected chi connectivity index (χ2v) is 6.29. The van der Waals surface area contributed by atoms with Crippen molar-refractivity contribution in [2.24, 2.45) is 4.99 Å². The average Bonchev–Trinajstić information content (AvgIpc) is 2.91. The van der Waals surface area contributed by atoms with Crippen LogP contribution in [0.4, 0.5) is 5.69 Å². The van der Waals surface area contributed by atoms with Gasteiger partial charge in [-0.2, -0.15) is 4.99 Å². The lowest BCUT2D eigenvalue weighted by molar-refractivity contribution is -0.384. The Morgan fingerprint density at radius 2 is 2.13 bits per heavy atom. The number of amides is 1. The largest absolute Gasteiger partial charge is 0.378 e. The van der Waals surface area contributed by atoms with Gasteiger partial charge in [0.05, 0.1) is 23.0 Å². The number of nitro benzene ring substituents is 1. The Morgan fingerprint density at radius 3 is 2.83 bits per heavy atom. The van der Waals surface area contributed by atoms with Gasteiger partial charge in [0.1, 0.15) is 5.02 Å². The van der Waals surface area contributed by atoms with Gasteiger partial charge in [-0.15, -0.1) is 0 Å². The molecule has 0 N–H and O–H groups in total. The SMILES string of the molecule is O=C1N=C(N2CCOCC2)SC1=Cc1ccc(Cl)c([N+](=O)[O-])c1. The molecule has 0 atom stereocenters. The van der Waals surface area contributed by atoms with Gasteiger partial charge in [-0.3, -0.25) is 14.9 Å². The van der Waals surface area contributed by atoms with Crippen LogP contribution in [0.2, 0.25) is 5.02 Å². The molecule has 0 saturated carbocycles. The van der Waals surface area contributed by atoms with Crippen molar-refractivity contribution in [1.82, 2.24) is 4.90 Å². The molecule has 0 aromatic heterocycles. The van der Waals surface area contributed by atoms with Gasteiger partial charge < -0.3 is 9.64 Å². The van der Waals surface area contributed by atoms with E-state index in [1.807, 2.05) is 4.90 Å². The summed E-state index contributed by atoms with van der Waals surface area (Å²) < 4.78 is 5.27. The summed E-state index contributed by atoms with van der Waals surface area (Å²) in [5.74, 6) is -0.339. The summed E-state index contributed by atoms with van der Waals surface area (Å²) in [6.07, 6.45) is 1.59. The van der Waals surface area contributed by atoms with Gasteiger partial charge in [-0.1, -0.05) is 17.7 Å². The first-order valence-corrected chi connectivity index (χ1v) is 8.03. The molecule has 0 unspecified atom stereocenters. The van der Waals surface area contributed by atoms with Crippen molar-refractivity contribution in [3.8, 4) is 0 Å². The first kappa shape index (κ1) is 16.0. The highest BCUT2D eigenvalue weighted by molar-refractivity contribution is 8.18. The molecule has 1 aromatic rings. The topological polar surface area (TPSA) is 85.0 Å². The zero-order chi connectivity index (χ0) is 16.4. The maximum Gasteiger partial charge on any atom is 0.288 e. The van der Waals surface area contributed by atoms with Gasteiger partial charge in [0.2, 0.25) is 0 Å². The van der Waals surface area contributed by atoms with Gasteiger partial charge in [-0.25, -0.2) is 0 Å². The van der Waals surface area contributed by atoms with Crippen molar-refractivity contribution >= 4 is 46.2 Å². The molecule has 1 aromatic carbocycles. The van der Waals surface area contributed by atoms with E-state index in [1.165, 1.54) is 23.9 Å². The number of carbonyl (C=O) groups is 1. The fourth-order valence-corrected chi connectivity index (χ4v) is 3.35. The fourth-order valence-electron chi connectivity index (χ4n) is 2.20. The molecule has 2 aliphatic rings. The highest BCUT2D eigenvalue weighted by Crippen LogP contribution is 2.32. The molecule has 0 bridgehead atoms. The van der Waals surface area contributed by atoms with E-state index in [0.29, 0.717) is 41.9 Å². The molecular weight excluding hydrogens is 342 g/mol. The number of amidine groups is 1. The molecule has 120 valence electrons. The van der Waals surface area contributed by atoms with E-state index in [1.54, 1.807) is 12.1 Å². The van der Waals surface area contributed by atoms with Gasteiger partial charge in [-0.05, 0) is 29.5 Å². The maximum atomic E-state index is 12.0. The van der Waals surface area contributed by atoms with Crippen LogP contribution in [0.3, 0.4) is 0 Å². The van der Waals surface area contributed by atoms with Crippen LogP contribution in [0.5, 0.6) is 0 Å². The van der Waals surface area contributed by atoms with E-state index < -0.39 is 4.92 Å². The molecule has 0 radical (unpaired) electrons. The zero-order valence-corrected chi connectivity index (χ0v) is 13.5. The van der Waals surface area contributed by atoms with Gasteiger partial charge in [0.15, 0.2) is 5.17 Å². The van der Waals surface area contributed by atoms with Crippen LogP contribution in [-0.4, -0.2) is 47.2 Å². The number of morpholine rings is 1. The van der Waals surface area contributed by atoms with E-state index in [2.05, 4.69) is 4.99 Å². The Balaban J connectivity index is 1.80. The van der Waals surface area contributed by atoms with Crippen LogP contribution in [-0.2, 0) is 9.53 Å². The molecule has 1 fully saturated rings. The van der Waals surface area contributed by atoms with Crippen LogP contribution < -0.4 is 0 Å². The van der Waals surface area contributed by atoms with Gasteiger partial charge >= 0.3 is 0 Å². The van der Waals surface area contributed by atoms with Crippen LogP contribution in [0.1, 0.15) is 5.56 Å². The molecule has 1 amide bonds. The number of nitrogens with zero attached hydrogens (tertiary/aromatic N) is 3. The molecule has 2 aliphatic heterocycles. The Kier molecular flexibility index (Phi) is 4.65. The summed E-state index contributed by atoms with van der Waals surface area (Å²) in [4.78, 5) is 28.9. The second-order valence-electron chi connectivity index (χ2n) is 4.88. The van der Waals surface area contributed by atoms with Gasteiger partial charge in [0, 0.05) is 19.2 Å². The number of benzene rings is 1. The van der Waals surface area contributed by atoms with Crippen molar-refractivity contribution in [3.63, 3.8) is 0 Å². The highest BCUT2D eigenvalue weighted by Gasteiger charge is 2.27. The number of carbonyl (C=O) groups excluding carboxylic acids is 1. The standard InChI is InChI=1S/C14H12ClN3O4S/c15-10-2-1-9(7-11(10)18(20)21)8-12-13(19)16-14(23-12)17-3-5-22-6-4-17/h1-2,7-8H,3-6H2. The van der Waals surface area contributed by atoms with E-state index in [4.69, 9.17) is 16.3 Å². The number of halogens is 1. The lowest BCUT2D eigenvalue weighted by Gasteiger charge is -2.27. The van der Waals surface area contributed by atoms with Crippen LogP contribution in [0.25, 0.3) is 6.08 Å². The maximum absolute atomic E-state index is 12.0. The zero-order valence-electron chi connectivity index (χ0n) is 11.9. The van der Waals surface area contributed by atoms with Crippen LogP contribution in [0, 0.1) is 10.1 Å². The minimum Gasteiger partial charge on any atom is -0.378 e. The quantitative estimate of drug-likeness (QED) is 0.461. The van der Waals surface area contributed by atoms with E-state index >= 15 is 0 Å².